The van der Waals surface area contributed by atoms with Gasteiger partial charge in [-0.15, -0.1) is 0 Å². The summed E-state index contributed by atoms with van der Waals surface area (Å²) in [6, 6.07) is 13.2. The molecule has 0 aromatic heterocycles. The molecule has 0 radical (unpaired) electrons. The Morgan fingerprint density at radius 2 is 2.00 bits per heavy atom. The first-order valence-corrected chi connectivity index (χ1v) is 6.81. The standard InChI is InChI=1S/C17H15NO5/c1-22-16-7-3-4-13(11-16)8-9-17(19)23-12-14-5-2-6-15(10-14)18(20)21/h2-11H,12H2,1H3. The summed E-state index contributed by atoms with van der Waals surface area (Å²) >= 11 is 0. The molecule has 0 aliphatic heterocycles. The first-order chi connectivity index (χ1) is 11.1. The second-order valence-corrected chi connectivity index (χ2v) is 4.64. The van der Waals surface area contributed by atoms with Gasteiger partial charge in [-0.2, -0.15) is 0 Å². The van der Waals surface area contributed by atoms with Crippen LogP contribution >= 0.6 is 0 Å². The summed E-state index contributed by atoms with van der Waals surface area (Å²) in [6.45, 7) is -0.0248. The van der Waals surface area contributed by atoms with E-state index in [-0.39, 0.29) is 12.3 Å². The fourth-order valence-corrected chi connectivity index (χ4v) is 1.87. The van der Waals surface area contributed by atoms with Gasteiger partial charge in [-0.1, -0.05) is 24.3 Å². The number of non-ortho nitro benzene ring substituents is 1. The van der Waals surface area contributed by atoms with Crippen molar-refractivity contribution in [1.29, 1.82) is 0 Å². The molecular formula is C17H15NO5. The summed E-state index contributed by atoms with van der Waals surface area (Å²) in [5.41, 5.74) is 1.32. The van der Waals surface area contributed by atoms with Crippen molar-refractivity contribution in [2.75, 3.05) is 7.11 Å². The van der Waals surface area contributed by atoms with Crippen LogP contribution < -0.4 is 4.74 Å². The average molecular weight is 313 g/mol. The minimum atomic E-state index is -0.528. The molecule has 0 saturated carbocycles. The summed E-state index contributed by atoms with van der Waals surface area (Å²) in [5, 5.41) is 10.7. The van der Waals surface area contributed by atoms with Crippen molar-refractivity contribution in [3.8, 4) is 5.75 Å². The number of nitro groups is 1. The van der Waals surface area contributed by atoms with Gasteiger partial charge in [0, 0.05) is 18.2 Å². The molecular weight excluding hydrogens is 298 g/mol. The molecule has 2 rings (SSSR count). The Hall–Kier alpha value is -3.15. The predicted molar refractivity (Wildman–Crippen MR) is 84.9 cm³/mol. The van der Waals surface area contributed by atoms with Crippen molar-refractivity contribution in [2.45, 2.75) is 6.61 Å². The second kappa shape index (κ2) is 7.74. The molecule has 0 N–H and O–H groups in total. The summed E-state index contributed by atoms with van der Waals surface area (Å²) in [4.78, 5) is 21.9. The molecule has 0 fully saturated rings. The molecule has 0 bridgehead atoms. The number of methoxy groups -OCH3 is 1. The van der Waals surface area contributed by atoms with Crippen LogP contribution in [0.3, 0.4) is 0 Å². The van der Waals surface area contributed by atoms with Crippen LogP contribution in [0.1, 0.15) is 11.1 Å². The lowest BCUT2D eigenvalue weighted by atomic mass is 10.2. The van der Waals surface area contributed by atoms with E-state index in [0.29, 0.717) is 11.3 Å². The fraction of sp³-hybridized carbons (Fsp3) is 0.118. The van der Waals surface area contributed by atoms with Crippen LogP contribution in [0.15, 0.2) is 54.6 Å². The van der Waals surface area contributed by atoms with Gasteiger partial charge in [0.2, 0.25) is 0 Å². The minimum Gasteiger partial charge on any atom is -0.497 e. The molecule has 0 aliphatic rings. The Kier molecular flexibility index (Phi) is 5.46. The van der Waals surface area contributed by atoms with Crippen LogP contribution in [-0.4, -0.2) is 18.0 Å². The van der Waals surface area contributed by atoms with Gasteiger partial charge in [0.25, 0.3) is 5.69 Å². The quantitative estimate of drug-likeness (QED) is 0.353. The van der Waals surface area contributed by atoms with E-state index in [4.69, 9.17) is 9.47 Å². The summed E-state index contributed by atoms with van der Waals surface area (Å²) in [7, 11) is 1.57. The maximum atomic E-state index is 11.7. The average Bonchev–Trinajstić information content (AvgIpc) is 2.58. The fourth-order valence-electron chi connectivity index (χ4n) is 1.87. The topological polar surface area (TPSA) is 78.7 Å². The van der Waals surface area contributed by atoms with Gasteiger partial charge in [0.15, 0.2) is 0 Å². The number of nitro benzene ring substituents is 1. The van der Waals surface area contributed by atoms with Gasteiger partial charge in [0.05, 0.1) is 12.0 Å². The number of nitrogens with zero attached hydrogens (tertiary/aromatic N) is 1. The molecule has 2 aromatic rings. The largest absolute Gasteiger partial charge is 0.497 e. The maximum Gasteiger partial charge on any atom is 0.331 e. The number of hydrogen-bond acceptors (Lipinski definition) is 5. The van der Waals surface area contributed by atoms with Gasteiger partial charge in [-0.25, -0.2) is 4.79 Å². The zero-order chi connectivity index (χ0) is 16.7. The van der Waals surface area contributed by atoms with Gasteiger partial charge >= 0.3 is 5.97 Å². The molecule has 0 aliphatic carbocycles. The molecule has 118 valence electrons. The number of hydrogen-bond donors (Lipinski definition) is 0. The Balaban J connectivity index is 1.93. The highest BCUT2D eigenvalue weighted by Gasteiger charge is 2.06. The molecule has 23 heavy (non-hydrogen) atoms. The van der Waals surface area contributed by atoms with Crippen molar-refractivity contribution in [3.63, 3.8) is 0 Å². The number of carbonyl (C=O) groups excluding carboxylic acids is 1. The van der Waals surface area contributed by atoms with Crippen molar-refractivity contribution in [3.05, 3.63) is 75.8 Å². The van der Waals surface area contributed by atoms with Gasteiger partial charge in [-0.05, 0) is 29.3 Å². The molecule has 2 aromatic carbocycles. The summed E-state index contributed by atoms with van der Waals surface area (Å²) in [6.07, 6.45) is 2.91. The maximum absolute atomic E-state index is 11.7. The van der Waals surface area contributed by atoms with E-state index in [0.717, 1.165) is 5.56 Å². The lowest BCUT2D eigenvalue weighted by molar-refractivity contribution is -0.384. The van der Waals surface area contributed by atoms with Gasteiger partial charge in [0.1, 0.15) is 12.4 Å². The van der Waals surface area contributed by atoms with E-state index >= 15 is 0 Å². The first kappa shape index (κ1) is 16.2. The zero-order valence-electron chi connectivity index (χ0n) is 12.5. The number of ether oxygens (including phenoxy) is 2. The van der Waals surface area contributed by atoms with Crippen LogP contribution in [-0.2, 0) is 16.1 Å². The first-order valence-electron chi connectivity index (χ1n) is 6.81. The van der Waals surface area contributed by atoms with Crippen LogP contribution in [0, 0.1) is 10.1 Å². The molecule has 0 spiro atoms. The second-order valence-electron chi connectivity index (χ2n) is 4.64. The van der Waals surface area contributed by atoms with E-state index < -0.39 is 10.9 Å². The van der Waals surface area contributed by atoms with Crippen LogP contribution in [0.25, 0.3) is 6.08 Å². The van der Waals surface area contributed by atoms with Crippen molar-refractivity contribution in [1.82, 2.24) is 0 Å². The normalized spacial score (nSPS) is 10.5. The number of rotatable bonds is 6. The Bertz CT molecular complexity index is 739. The smallest absolute Gasteiger partial charge is 0.331 e. The molecule has 0 unspecified atom stereocenters. The minimum absolute atomic E-state index is 0.0248. The van der Waals surface area contributed by atoms with Crippen LogP contribution in [0.4, 0.5) is 5.69 Å². The van der Waals surface area contributed by atoms with Crippen molar-refractivity contribution < 1.29 is 19.2 Å². The number of carbonyl (C=O) groups is 1. The molecule has 0 atom stereocenters. The zero-order valence-corrected chi connectivity index (χ0v) is 12.5. The van der Waals surface area contributed by atoms with E-state index in [1.54, 1.807) is 37.5 Å². The summed E-state index contributed by atoms with van der Waals surface area (Å²) in [5.74, 6) is 0.163. The van der Waals surface area contributed by atoms with E-state index in [9.17, 15) is 14.9 Å². The van der Waals surface area contributed by atoms with Gasteiger partial charge in [-0.3, -0.25) is 10.1 Å². The third-order valence-corrected chi connectivity index (χ3v) is 3.01. The van der Waals surface area contributed by atoms with Gasteiger partial charge < -0.3 is 9.47 Å². The predicted octanol–water partition coefficient (Wildman–Crippen LogP) is 3.36. The number of esters is 1. The molecule has 0 heterocycles. The van der Waals surface area contributed by atoms with E-state index in [1.807, 2.05) is 12.1 Å². The Morgan fingerprint density at radius 1 is 1.22 bits per heavy atom. The molecule has 0 saturated heterocycles. The van der Waals surface area contributed by atoms with Crippen molar-refractivity contribution in [2.24, 2.45) is 0 Å². The van der Waals surface area contributed by atoms with Crippen molar-refractivity contribution >= 4 is 17.7 Å². The Labute approximate surface area is 133 Å². The van der Waals surface area contributed by atoms with E-state index in [1.165, 1.54) is 18.2 Å². The summed E-state index contributed by atoms with van der Waals surface area (Å²) < 4.78 is 10.2. The highest BCUT2D eigenvalue weighted by atomic mass is 16.6. The van der Waals surface area contributed by atoms with E-state index in [2.05, 4.69) is 0 Å². The van der Waals surface area contributed by atoms with Crippen LogP contribution in [0.5, 0.6) is 5.75 Å². The monoisotopic (exact) mass is 313 g/mol. The third-order valence-electron chi connectivity index (χ3n) is 3.01. The lowest BCUT2D eigenvalue weighted by Gasteiger charge is -2.02. The molecule has 6 nitrogen and oxygen atoms in total. The third kappa shape index (κ3) is 4.96. The van der Waals surface area contributed by atoms with Crippen LogP contribution in [0.2, 0.25) is 0 Å². The highest BCUT2D eigenvalue weighted by Crippen LogP contribution is 2.15. The molecule has 0 amide bonds. The highest BCUT2D eigenvalue weighted by molar-refractivity contribution is 5.87. The molecule has 6 heteroatoms. The Morgan fingerprint density at radius 3 is 2.74 bits per heavy atom. The SMILES string of the molecule is COc1cccc(C=CC(=O)OCc2cccc([N+](=O)[O-])c2)c1. The number of benzene rings is 2. The lowest BCUT2D eigenvalue weighted by Crippen LogP contribution is -2.01.